The molecule has 0 N–H and O–H groups in total. The lowest BCUT2D eigenvalue weighted by atomic mass is 9.78. The van der Waals surface area contributed by atoms with Gasteiger partial charge in [0.1, 0.15) is 11.8 Å². The number of ether oxygens (including phenoxy) is 2. The molecule has 1 heterocycles. The van der Waals surface area contributed by atoms with Gasteiger partial charge >= 0.3 is 0 Å². The van der Waals surface area contributed by atoms with E-state index in [9.17, 15) is 10.5 Å². The Balaban J connectivity index is 1.93. The first-order chi connectivity index (χ1) is 15.5. The van der Waals surface area contributed by atoms with E-state index in [1.807, 2.05) is 43.3 Å². The summed E-state index contributed by atoms with van der Waals surface area (Å²) >= 11 is 3.38. The molecule has 0 fully saturated rings. The number of nitrogens with zero attached hydrogens (tertiary/aromatic N) is 3. The van der Waals surface area contributed by atoms with Crippen LogP contribution in [0.4, 0.5) is 0 Å². The SMILES string of the molecule is CCc1cc2ccc(C(C)(C#N)Cc3ccc(OCCCBr)c(C#N)c3)cc2nc1OC. The third kappa shape index (κ3) is 5.03. The van der Waals surface area contributed by atoms with Crippen LogP contribution in [0.5, 0.6) is 11.6 Å². The minimum atomic E-state index is -0.780. The fourth-order valence-corrected chi connectivity index (χ4v) is 3.95. The maximum absolute atomic E-state index is 10.1. The van der Waals surface area contributed by atoms with Gasteiger partial charge in [-0.15, -0.1) is 0 Å². The van der Waals surface area contributed by atoms with Crippen molar-refractivity contribution in [2.75, 3.05) is 19.0 Å². The van der Waals surface area contributed by atoms with Gasteiger partial charge in [0.25, 0.3) is 0 Å². The molecule has 0 bridgehead atoms. The van der Waals surface area contributed by atoms with E-state index in [1.54, 1.807) is 7.11 Å². The summed E-state index contributed by atoms with van der Waals surface area (Å²) in [5, 5.41) is 21.5. The molecule has 6 heteroatoms. The van der Waals surface area contributed by atoms with Gasteiger partial charge in [-0.1, -0.05) is 41.1 Å². The van der Waals surface area contributed by atoms with Gasteiger partial charge in [-0.05, 0) is 61.6 Å². The van der Waals surface area contributed by atoms with Gasteiger partial charge in [0, 0.05) is 16.3 Å². The van der Waals surface area contributed by atoms with Crippen LogP contribution in [-0.4, -0.2) is 24.0 Å². The van der Waals surface area contributed by atoms with E-state index in [0.717, 1.165) is 45.8 Å². The number of hydrogen-bond donors (Lipinski definition) is 0. The normalized spacial score (nSPS) is 12.6. The number of pyridine rings is 1. The maximum atomic E-state index is 10.1. The van der Waals surface area contributed by atoms with Gasteiger partial charge in [-0.3, -0.25) is 0 Å². The fourth-order valence-electron chi connectivity index (χ4n) is 3.72. The predicted octanol–water partition coefficient (Wildman–Crippen LogP) is 5.87. The summed E-state index contributed by atoms with van der Waals surface area (Å²) in [6.07, 6.45) is 2.16. The van der Waals surface area contributed by atoms with Gasteiger partial charge in [0.2, 0.25) is 5.88 Å². The van der Waals surface area contributed by atoms with Crippen LogP contribution < -0.4 is 9.47 Å². The summed E-state index contributed by atoms with van der Waals surface area (Å²) in [5.41, 5.74) is 3.34. The first kappa shape index (κ1) is 23.6. The molecule has 32 heavy (non-hydrogen) atoms. The van der Waals surface area contributed by atoms with E-state index >= 15 is 0 Å². The highest BCUT2D eigenvalue weighted by Crippen LogP contribution is 2.32. The van der Waals surface area contributed by atoms with Crippen LogP contribution in [0.25, 0.3) is 10.9 Å². The second-order valence-electron chi connectivity index (χ2n) is 7.87. The summed E-state index contributed by atoms with van der Waals surface area (Å²) in [5.74, 6) is 1.19. The molecule has 0 saturated heterocycles. The smallest absolute Gasteiger partial charge is 0.216 e. The second kappa shape index (κ2) is 10.5. The van der Waals surface area contributed by atoms with Crippen molar-refractivity contribution >= 4 is 26.8 Å². The molecule has 0 amide bonds. The number of rotatable bonds is 9. The molecule has 0 saturated carbocycles. The molecule has 1 unspecified atom stereocenters. The summed E-state index contributed by atoms with van der Waals surface area (Å²) in [7, 11) is 1.62. The van der Waals surface area contributed by atoms with Crippen LogP contribution in [0.1, 0.15) is 42.5 Å². The van der Waals surface area contributed by atoms with Crippen molar-refractivity contribution in [3.63, 3.8) is 0 Å². The number of halogens is 1. The topological polar surface area (TPSA) is 78.9 Å². The minimum absolute atomic E-state index is 0.468. The highest BCUT2D eigenvalue weighted by atomic mass is 79.9. The summed E-state index contributed by atoms with van der Waals surface area (Å²) in [4.78, 5) is 4.66. The van der Waals surface area contributed by atoms with Gasteiger partial charge < -0.3 is 9.47 Å². The number of methoxy groups -OCH3 is 1. The predicted molar refractivity (Wildman–Crippen MR) is 129 cm³/mol. The van der Waals surface area contributed by atoms with E-state index in [0.29, 0.717) is 30.2 Å². The average molecular weight is 492 g/mol. The molecule has 0 aliphatic rings. The molecular formula is C26H26BrN3O2. The van der Waals surface area contributed by atoms with Gasteiger partial charge in [0.15, 0.2) is 0 Å². The highest BCUT2D eigenvalue weighted by molar-refractivity contribution is 9.09. The third-order valence-corrected chi connectivity index (χ3v) is 6.13. The van der Waals surface area contributed by atoms with Crippen molar-refractivity contribution in [2.24, 2.45) is 0 Å². The van der Waals surface area contributed by atoms with Crippen molar-refractivity contribution in [2.45, 2.75) is 38.5 Å². The molecule has 1 aromatic heterocycles. The fraction of sp³-hybridized carbons (Fsp3) is 0.346. The number of alkyl halides is 1. The number of benzene rings is 2. The highest BCUT2D eigenvalue weighted by Gasteiger charge is 2.28. The van der Waals surface area contributed by atoms with E-state index < -0.39 is 5.41 Å². The molecule has 0 spiro atoms. The lowest BCUT2D eigenvalue weighted by molar-refractivity contribution is 0.318. The number of nitriles is 2. The Labute approximate surface area is 197 Å². The van der Waals surface area contributed by atoms with Crippen molar-refractivity contribution in [3.8, 4) is 23.8 Å². The first-order valence-corrected chi connectivity index (χ1v) is 11.7. The zero-order valence-corrected chi connectivity index (χ0v) is 20.2. The molecule has 164 valence electrons. The van der Waals surface area contributed by atoms with Crippen molar-refractivity contribution in [1.82, 2.24) is 4.98 Å². The van der Waals surface area contributed by atoms with Gasteiger partial charge in [0.05, 0.1) is 36.3 Å². The molecule has 0 aliphatic carbocycles. The van der Waals surface area contributed by atoms with Crippen molar-refractivity contribution in [1.29, 1.82) is 10.5 Å². The standard InChI is InChI=1S/C26H26BrN3O2/c1-4-19-13-20-7-8-22(14-23(20)30-25(19)31-3)26(2,17-29)15-18-6-9-24(21(12-18)16-28)32-11-5-10-27/h6-9,12-14H,4-5,10-11,15H2,1-3H3. The van der Waals surface area contributed by atoms with E-state index in [1.165, 1.54) is 0 Å². The quantitative estimate of drug-likeness (QED) is 0.276. The minimum Gasteiger partial charge on any atom is -0.492 e. The molecule has 0 radical (unpaired) electrons. The van der Waals surface area contributed by atoms with Gasteiger partial charge in [-0.25, -0.2) is 4.98 Å². The van der Waals surface area contributed by atoms with Crippen LogP contribution in [0.3, 0.4) is 0 Å². The Bertz CT molecular complexity index is 1200. The number of hydrogen-bond acceptors (Lipinski definition) is 5. The number of aryl methyl sites for hydroxylation is 1. The van der Waals surface area contributed by atoms with Crippen LogP contribution in [0, 0.1) is 22.7 Å². The van der Waals surface area contributed by atoms with Crippen LogP contribution in [0.2, 0.25) is 0 Å². The van der Waals surface area contributed by atoms with Crippen LogP contribution in [-0.2, 0) is 18.3 Å². The Kier molecular flexibility index (Phi) is 7.72. The molecule has 0 aliphatic heterocycles. The molecule has 1 atom stereocenters. The number of fused-ring (bicyclic) bond motifs is 1. The summed E-state index contributed by atoms with van der Waals surface area (Å²) in [6, 6.07) is 18.3. The zero-order valence-electron chi connectivity index (χ0n) is 18.6. The summed E-state index contributed by atoms with van der Waals surface area (Å²) < 4.78 is 11.2. The van der Waals surface area contributed by atoms with Crippen molar-refractivity contribution < 1.29 is 9.47 Å². The average Bonchev–Trinajstić information content (AvgIpc) is 2.83. The van der Waals surface area contributed by atoms with Crippen LogP contribution >= 0.6 is 15.9 Å². The molecule has 3 aromatic rings. The number of aromatic nitrogens is 1. The Morgan fingerprint density at radius 2 is 1.94 bits per heavy atom. The maximum Gasteiger partial charge on any atom is 0.216 e. The van der Waals surface area contributed by atoms with Crippen LogP contribution in [0.15, 0.2) is 42.5 Å². The first-order valence-electron chi connectivity index (χ1n) is 10.6. The van der Waals surface area contributed by atoms with E-state index in [2.05, 4.69) is 46.0 Å². The lowest BCUT2D eigenvalue weighted by Crippen LogP contribution is -2.23. The Hall–Kier alpha value is -3.09. The molecule has 5 nitrogen and oxygen atoms in total. The molecule has 3 rings (SSSR count). The second-order valence-corrected chi connectivity index (χ2v) is 8.66. The third-order valence-electron chi connectivity index (χ3n) is 5.57. The van der Waals surface area contributed by atoms with Gasteiger partial charge in [-0.2, -0.15) is 10.5 Å². The lowest BCUT2D eigenvalue weighted by Gasteiger charge is -2.23. The largest absolute Gasteiger partial charge is 0.492 e. The molecule has 2 aromatic carbocycles. The monoisotopic (exact) mass is 491 g/mol. The molecular weight excluding hydrogens is 466 g/mol. The summed E-state index contributed by atoms with van der Waals surface area (Å²) in [6.45, 7) is 4.53. The zero-order chi connectivity index (χ0) is 23.1. The Morgan fingerprint density at radius 3 is 2.59 bits per heavy atom. The Morgan fingerprint density at radius 1 is 1.12 bits per heavy atom. The van der Waals surface area contributed by atoms with E-state index in [-0.39, 0.29) is 0 Å². The van der Waals surface area contributed by atoms with Crippen molar-refractivity contribution in [3.05, 3.63) is 64.7 Å². The van der Waals surface area contributed by atoms with E-state index in [4.69, 9.17) is 9.47 Å².